The highest BCUT2D eigenvalue weighted by Crippen LogP contribution is 2.35. The van der Waals surface area contributed by atoms with Gasteiger partial charge in [-0.2, -0.15) is 0 Å². The Kier molecular flexibility index (Phi) is 9.99. The summed E-state index contributed by atoms with van der Waals surface area (Å²) in [5.74, 6) is -1.53. The van der Waals surface area contributed by atoms with Crippen LogP contribution in [0.4, 0.5) is 10.1 Å². The molecule has 2 rings (SSSR count). The maximum atomic E-state index is 13.4. The summed E-state index contributed by atoms with van der Waals surface area (Å²) in [6, 6.07) is 7.03. The molecule has 34 heavy (non-hydrogen) atoms. The Bertz CT molecular complexity index is 1150. The first-order valence-corrected chi connectivity index (χ1v) is 13.3. The number of nitrogens with zero attached hydrogens (tertiary/aromatic N) is 2. The van der Waals surface area contributed by atoms with Gasteiger partial charge in [0.2, 0.25) is 21.8 Å². The van der Waals surface area contributed by atoms with E-state index in [1.807, 2.05) is 6.92 Å². The zero-order valence-corrected chi connectivity index (χ0v) is 21.9. The Morgan fingerprint density at radius 3 is 2.21 bits per heavy atom. The number of carbonyl (C=O) groups excluding carboxylic acids is 2. The highest BCUT2D eigenvalue weighted by molar-refractivity contribution is 7.92. The molecule has 0 spiro atoms. The molecule has 0 aromatic heterocycles. The average molecular weight is 553 g/mol. The van der Waals surface area contributed by atoms with Gasteiger partial charge in [0.25, 0.3) is 0 Å². The minimum Gasteiger partial charge on any atom is -0.354 e. The predicted molar refractivity (Wildman–Crippen MR) is 133 cm³/mol. The van der Waals surface area contributed by atoms with Crippen LogP contribution in [0.15, 0.2) is 36.4 Å². The second-order valence-corrected chi connectivity index (χ2v) is 10.7. The number of hydrogen-bond acceptors (Lipinski definition) is 4. The van der Waals surface area contributed by atoms with Gasteiger partial charge >= 0.3 is 0 Å². The molecule has 2 amide bonds. The monoisotopic (exact) mass is 551 g/mol. The molecule has 2 aromatic carbocycles. The summed E-state index contributed by atoms with van der Waals surface area (Å²) in [6.07, 6.45) is 1.61. The molecule has 0 aliphatic carbocycles. The molecule has 0 fully saturated rings. The molecule has 2 aromatic rings. The van der Waals surface area contributed by atoms with E-state index < -0.39 is 40.2 Å². The number of sulfonamides is 1. The number of halogens is 4. The van der Waals surface area contributed by atoms with E-state index in [1.54, 1.807) is 0 Å². The van der Waals surface area contributed by atoms with Crippen LogP contribution in [-0.4, -0.2) is 50.5 Å². The molecule has 0 aliphatic rings. The first kappa shape index (κ1) is 28.2. The molecular weight excluding hydrogens is 528 g/mol. The Hall–Kier alpha value is -2.07. The Labute approximate surface area is 213 Å². The maximum Gasteiger partial charge on any atom is 0.244 e. The summed E-state index contributed by atoms with van der Waals surface area (Å²) < 4.78 is 39.3. The number of carbonyl (C=O) groups is 2. The van der Waals surface area contributed by atoms with Crippen molar-refractivity contribution in [3.63, 3.8) is 0 Å². The van der Waals surface area contributed by atoms with Gasteiger partial charge in [0.1, 0.15) is 18.4 Å². The molecule has 1 atom stereocenters. The van der Waals surface area contributed by atoms with Crippen molar-refractivity contribution in [1.82, 2.24) is 10.2 Å². The van der Waals surface area contributed by atoms with Crippen molar-refractivity contribution in [3.05, 3.63) is 62.8 Å². The van der Waals surface area contributed by atoms with E-state index in [0.29, 0.717) is 18.5 Å². The number of rotatable bonds is 10. The van der Waals surface area contributed by atoms with Crippen molar-refractivity contribution < 1.29 is 22.4 Å². The SMILES string of the molecule is CCCNC(=O)C(C)N(Cc1ccc(F)cc1)C(=O)CN(c1cc(Cl)c(Cl)cc1Cl)S(C)(=O)=O. The molecule has 0 saturated carbocycles. The summed E-state index contributed by atoms with van der Waals surface area (Å²) >= 11 is 18.2. The summed E-state index contributed by atoms with van der Waals surface area (Å²) in [7, 11) is -3.99. The van der Waals surface area contributed by atoms with E-state index in [4.69, 9.17) is 34.8 Å². The maximum absolute atomic E-state index is 13.4. The molecule has 0 radical (unpaired) electrons. The van der Waals surface area contributed by atoms with Crippen LogP contribution < -0.4 is 9.62 Å². The van der Waals surface area contributed by atoms with Crippen LogP contribution in [0.1, 0.15) is 25.8 Å². The first-order valence-electron chi connectivity index (χ1n) is 10.3. The lowest BCUT2D eigenvalue weighted by Gasteiger charge is -2.31. The molecule has 1 unspecified atom stereocenters. The summed E-state index contributed by atoms with van der Waals surface area (Å²) in [5.41, 5.74) is 0.528. The van der Waals surface area contributed by atoms with Crippen molar-refractivity contribution >= 4 is 62.3 Å². The molecule has 1 N–H and O–H groups in total. The molecule has 0 saturated heterocycles. The Morgan fingerprint density at radius 2 is 1.65 bits per heavy atom. The zero-order chi connectivity index (χ0) is 25.6. The number of amides is 2. The van der Waals surface area contributed by atoms with Crippen LogP contribution in [0.5, 0.6) is 0 Å². The van der Waals surface area contributed by atoms with Crippen molar-refractivity contribution in [2.75, 3.05) is 23.7 Å². The van der Waals surface area contributed by atoms with E-state index in [-0.39, 0.29) is 27.3 Å². The molecule has 186 valence electrons. The first-order chi connectivity index (χ1) is 15.8. The molecule has 0 aliphatic heterocycles. The van der Waals surface area contributed by atoms with Crippen LogP contribution in [0.25, 0.3) is 0 Å². The minimum absolute atomic E-state index is 0.0218. The van der Waals surface area contributed by atoms with Gasteiger partial charge in [-0.25, -0.2) is 12.8 Å². The molecule has 12 heteroatoms. The second-order valence-electron chi connectivity index (χ2n) is 7.60. The Balaban J connectivity index is 2.43. The largest absolute Gasteiger partial charge is 0.354 e. The summed E-state index contributed by atoms with van der Waals surface area (Å²) in [6.45, 7) is 3.13. The standard InChI is InChI=1S/C22H25Cl3FN3O4S/c1-4-9-27-22(31)14(2)28(12-15-5-7-16(26)8-6-15)21(30)13-29(34(3,32)33)20-11-18(24)17(23)10-19(20)25/h5-8,10-11,14H,4,9,12-13H2,1-3H3,(H,27,31). The fourth-order valence-electron chi connectivity index (χ4n) is 3.06. The molecule has 7 nitrogen and oxygen atoms in total. The van der Waals surface area contributed by atoms with Gasteiger partial charge in [0.15, 0.2) is 0 Å². The third kappa shape index (κ3) is 7.46. The normalized spacial score (nSPS) is 12.2. The fraction of sp³-hybridized carbons (Fsp3) is 0.364. The quantitative estimate of drug-likeness (QED) is 0.440. The topological polar surface area (TPSA) is 86.8 Å². The lowest BCUT2D eigenvalue weighted by atomic mass is 10.1. The zero-order valence-electron chi connectivity index (χ0n) is 18.8. The number of hydrogen-bond donors (Lipinski definition) is 1. The minimum atomic E-state index is -3.99. The third-order valence-electron chi connectivity index (χ3n) is 4.92. The van der Waals surface area contributed by atoms with Gasteiger partial charge < -0.3 is 10.2 Å². The third-order valence-corrected chi connectivity index (χ3v) is 7.07. The highest BCUT2D eigenvalue weighted by Gasteiger charge is 2.31. The van der Waals surface area contributed by atoms with Gasteiger partial charge in [-0.3, -0.25) is 13.9 Å². The number of nitrogens with one attached hydrogen (secondary N) is 1. The molecule has 0 bridgehead atoms. The van der Waals surface area contributed by atoms with Crippen LogP contribution >= 0.6 is 34.8 Å². The van der Waals surface area contributed by atoms with Gasteiger partial charge in [-0.15, -0.1) is 0 Å². The van der Waals surface area contributed by atoms with E-state index in [9.17, 15) is 22.4 Å². The Morgan fingerprint density at radius 1 is 1.06 bits per heavy atom. The fourth-order valence-corrected chi connectivity index (χ4v) is 4.61. The van der Waals surface area contributed by atoms with Gasteiger partial charge in [-0.1, -0.05) is 53.9 Å². The number of anilines is 1. The lowest BCUT2D eigenvalue weighted by molar-refractivity contribution is -0.139. The average Bonchev–Trinajstić information content (AvgIpc) is 2.76. The van der Waals surface area contributed by atoms with Crippen LogP contribution in [0.3, 0.4) is 0 Å². The second kappa shape index (κ2) is 12.1. The van der Waals surface area contributed by atoms with Crippen molar-refractivity contribution in [3.8, 4) is 0 Å². The predicted octanol–water partition coefficient (Wildman–Crippen LogP) is 4.50. The van der Waals surface area contributed by atoms with Crippen molar-refractivity contribution in [2.24, 2.45) is 0 Å². The van der Waals surface area contributed by atoms with E-state index in [1.165, 1.54) is 48.2 Å². The van der Waals surface area contributed by atoms with Gasteiger partial charge in [0.05, 0.1) is 27.0 Å². The van der Waals surface area contributed by atoms with E-state index >= 15 is 0 Å². The molecule has 0 heterocycles. The van der Waals surface area contributed by atoms with E-state index in [2.05, 4.69) is 5.32 Å². The number of benzene rings is 2. The van der Waals surface area contributed by atoms with Crippen LogP contribution in [0.2, 0.25) is 15.1 Å². The summed E-state index contributed by atoms with van der Waals surface area (Å²) in [5, 5.41) is 2.87. The smallest absolute Gasteiger partial charge is 0.244 e. The van der Waals surface area contributed by atoms with Crippen LogP contribution in [0, 0.1) is 5.82 Å². The van der Waals surface area contributed by atoms with E-state index in [0.717, 1.165) is 10.6 Å². The highest BCUT2D eigenvalue weighted by atomic mass is 35.5. The lowest BCUT2D eigenvalue weighted by Crippen LogP contribution is -2.51. The van der Waals surface area contributed by atoms with Gasteiger partial charge in [-0.05, 0) is 43.2 Å². The van der Waals surface area contributed by atoms with Crippen molar-refractivity contribution in [1.29, 1.82) is 0 Å². The van der Waals surface area contributed by atoms with Crippen molar-refractivity contribution in [2.45, 2.75) is 32.9 Å². The summed E-state index contributed by atoms with van der Waals surface area (Å²) in [4.78, 5) is 27.2. The van der Waals surface area contributed by atoms with Gasteiger partial charge in [0, 0.05) is 13.1 Å². The van der Waals surface area contributed by atoms with Crippen LogP contribution in [-0.2, 0) is 26.2 Å². The molecular formula is C22H25Cl3FN3O4S.